The molecule has 6 heteroatoms. The lowest BCUT2D eigenvalue weighted by Crippen LogP contribution is -2.48. The molecule has 2 atom stereocenters. The lowest BCUT2D eigenvalue weighted by Gasteiger charge is -2.37. The molecule has 2 heterocycles. The van der Waals surface area contributed by atoms with E-state index in [9.17, 15) is 9.90 Å². The van der Waals surface area contributed by atoms with Crippen molar-refractivity contribution in [3.63, 3.8) is 0 Å². The largest absolute Gasteiger partial charge is 0.497 e. The molecule has 1 aliphatic rings. The molecule has 1 aliphatic heterocycles. The molecule has 6 nitrogen and oxygen atoms in total. The normalized spacial score (nSPS) is 20.0. The van der Waals surface area contributed by atoms with Gasteiger partial charge in [0.1, 0.15) is 11.4 Å². The Kier molecular flexibility index (Phi) is 4.32. The van der Waals surface area contributed by atoms with Crippen LogP contribution in [0.5, 0.6) is 5.75 Å². The van der Waals surface area contributed by atoms with Crippen molar-refractivity contribution in [3.8, 4) is 5.75 Å². The highest BCUT2D eigenvalue weighted by Gasteiger charge is 2.43. The number of hydrogen-bond donors (Lipinski definition) is 1. The van der Waals surface area contributed by atoms with Gasteiger partial charge in [0.2, 0.25) is 0 Å². The molecule has 0 unspecified atom stereocenters. The second-order valence-electron chi connectivity index (χ2n) is 6.44. The smallest absolute Gasteiger partial charge is 0.257 e. The van der Waals surface area contributed by atoms with Gasteiger partial charge in [-0.25, -0.2) is 0 Å². The molecule has 2 aromatic rings. The van der Waals surface area contributed by atoms with E-state index in [1.165, 1.54) is 0 Å². The molecule has 24 heavy (non-hydrogen) atoms. The Morgan fingerprint density at radius 2 is 2.08 bits per heavy atom. The van der Waals surface area contributed by atoms with Gasteiger partial charge in [-0.2, -0.15) is 5.10 Å². The summed E-state index contributed by atoms with van der Waals surface area (Å²) in [6, 6.07) is 7.09. The number of methoxy groups -OCH3 is 1. The Bertz CT molecular complexity index is 721. The van der Waals surface area contributed by atoms with Crippen molar-refractivity contribution in [1.82, 2.24) is 14.7 Å². The number of hydrogen-bond acceptors (Lipinski definition) is 4. The highest BCUT2D eigenvalue weighted by Crippen LogP contribution is 2.36. The molecule has 1 N–H and O–H groups in total. The average molecular weight is 329 g/mol. The summed E-state index contributed by atoms with van der Waals surface area (Å²) >= 11 is 0. The Balaban J connectivity index is 1.86. The van der Waals surface area contributed by atoms with Crippen LogP contribution >= 0.6 is 0 Å². The van der Waals surface area contributed by atoms with Crippen molar-refractivity contribution in [2.45, 2.75) is 31.4 Å². The first-order chi connectivity index (χ1) is 11.4. The molecule has 1 aromatic carbocycles. The van der Waals surface area contributed by atoms with Crippen LogP contribution in [-0.4, -0.2) is 45.4 Å². The molecule has 0 bridgehead atoms. The van der Waals surface area contributed by atoms with Crippen molar-refractivity contribution in [3.05, 3.63) is 47.8 Å². The second kappa shape index (κ2) is 6.28. The van der Waals surface area contributed by atoms with Gasteiger partial charge in [0.05, 0.1) is 24.9 Å². The lowest BCUT2D eigenvalue weighted by atomic mass is 9.86. The van der Waals surface area contributed by atoms with Crippen LogP contribution in [0, 0.1) is 0 Å². The number of rotatable bonds is 4. The fourth-order valence-electron chi connectivity index (χ4n) is 3.41. The number of ether oxygens (including phenoxy) is 1. The predicted molar refractivity (Wildman–Crippen MR) is 89.8 cm³/mol. The number of carbonyl (C=O) groups is 1. The van der Waals surface area contributed by atoms with Gasteiger partial charge in [-0.3, -0.25) is 9.48 Å². The number of amides is 1. The van der Waals surface area contributed by atoms with Crippen LogP contribution in [0.25, 0.3) is 0 Å². The molecule has 128 valence electrons. The summed E-state index contributed by atoms with van der Waals surface area (Å²) in [5, 5.41) is 15.2. The number of likely N-dealkylation sites (tertiary alicyclic amines) is 1. The molecule has 0 saturated carbocycles. The van der Waals surface area contributed by atoms with Gasteiger partial charge >= 0.3 is 0 Å². The Morgan fingerprint density at radius 3 is 2.67 bits per heavy atom. The van der Waals surface area contributed by atoms with Gasteiger partial charge in [0.25, 0.3) is 5.91 Å². The zero-order valence-corrected chi connectivity index (χ0v) is 14.3. The fourth-order valence-corrected chi connectivity index (χ4v) is 3.41. The summed E-state index contributed by atoms with van der Waals surface area (Å²) in [5.41, 5.74) is 0.204. The van der Waals surface area contributed by atoms with Crippen molar-refractivity contribution in [2.24, 2.45) is 7.05 Å². The van der Waals surface area contributed by atoms with Gasteiger partial charge in [-0.15, -0.1) is 0 Å². The standard InChI is InChI=1S/C18H23N3O3/c1-18(23,14-6-8-15(24-3)9-7-14)16-5-4-10-21(16)17(22)13-11-19-20(2)12-13/h6-9,11-12,16,23H,4-5,10H2,1-3H3/t16-,18+/m1/s1. The first-order valence-electron chi connectivity index (χ1n) is 8.10. The molecule has 0 aliphatic carbocycles. The van der Waals surface area contributed by atoms with Gasteiger partial charge in [0, 0.05) is 19.8 Å². The molecular weight excluding hydrogens is 306 g/mol. The molecule has 1 saturated heterocycles. The summed E-state index contributed by atoms with van der Waals surface area (Å²) in [4.78, 5) is 14.6. The van der Waals surface area contributed by atoms with Crippen LogP contribution in [0.1, 0.15) is 35.7 Å². The van der Waals surface area contributed by atoms with Crippen molar-refractivity contribution >= 4 is 5.91 Å². The first kappa shape index (κ1) is 16.5. The van der Waals surface area contributed by atoms with Gasteiger partial charge in [-0.1, -0.05) is 12.1 Å². The van der Waals surface area contributed by atoms with Gasteiger partial charge in [0.15, 0.2) is 0 Å². The Hall–Kier alpha value is -2.34. The maximum absolute atomic E-state index is 12.8. The van der Waals surface area contributed by atoms with E-state index >= 15 is 0 Å². The maximum atomic E-state index is 12.8. The molecule has 1 aromatic heterocycles. The zero-order chi connectivity index (χ0) is 17.3. The van der Waals surface area contributed by atoms with Crippen LogP contribution in [0.2, 0.25) is 0 Å². The highest BCUT2D eigenvalue weighted by molar-refractivity contribution is 5.94. The minimum absolute atomic E-state index is 0.0839. The third-order valence-corrected chi connectivity index (χ3v) is 4.79. The summed E-state index contributed by atoms with van der Waals surface area (Å²) in [6.07, 6.45) is 4.92. The van der Waals surface area contributed by atoms with E-state index in [0.29, 0.717) is 12.1 Å². The molecule has 1 fully saturated rings. The molecule has 0 radical (unpaired) electrons. The van der Waals surface area contributed by atoms with Gasteiger partial charge in [-0.05, 0) is 37.5 Å². The van der Waals surface area contributed by atoms with E-state index < -0.39 is 5.60 Å². The SMILES string of the molecule is COc1ccc([C@](C)(O)[C@H]2CCCN2C(=O)c2cnn(C)c2)cc1. The van der Waals surface area contributed by atoms with E-state index in [-0.39, 0.29) is 11.9 Å². The average Bonchev–Trinajstić information content (AvgIpc) is 3.23. The molecule has 1 amide bonds. The number of nitrogens with zero attached hydrogens (tertiary/aromatic N) is 3. The van der Waals surface area contributed by atoms with Crippen molar-refractivity contribution in [2.75, 3.05) is 13.7 Å². The van der Waals surface area contributed by atoms with E-state index in [2.05, 4.69) is 5.10 Å². The van der Waals surface area contributed by atoms with Crippen LogP contribution in [0.3, 0.4) is 0 Å². The van der Waals surface area contributed by atoms with Gasteiger partial charge < -0.3 is 14.7 Å². The van der Waals surface area contributed by atoms with Crippen LogP contribution in [0.15, 0.2) is 36.7 Å². The third-order valence-electron chi connectivity index (χ3n) is 4.79. The quantitative estimate of drug-likeness (QED) is 0.931. The Labute approximate surface area is 141 Å². The zero-order valence-electron chi connectivity index (χ0n) is 14.3. The van der Waals surface area contributed by atoms with E-state index in [0.717, 1.165) is 24.2 Å². The Morgan fingerprint density at radius 1 is 1.38 bits per heavy atom. The van der Waals surface area contributed by atoms with E-state index in [1.54, 1.807) is 43.1 Å². The fraction of sp³-hybridized carbons (Fsp3) is 0.444. The number of aryl methyl sites for hydroxylation is 1. The van der Waals surface area contributed by atoms with Crippen molar-refractivity contribution in [1.29, 1.82) is 0 Å². The predicted octanol–water partition coefficient (Wildman–Crippen LogP) is 1.94. The van der Waals surface area contributed by atoms with Crippen LogP contribution in [-0.2, 0) is 12.6 Å². The summed E-state index contributed by atoms with van der Waals surface area (Å²) in [7, 11) is 3.39. The minimum Gasteiger partial charge on any atom is -0.497 e. The summed E-state index contributed by atoms with van der Waals surface area (Å²) in [5.74, 6) is 0.656. The number of carbonyl (C=O) groups excluding carboxylic acids is 1. The summed E-state index contributed by atoms with van der Waals surface area (Å²) in [6.45, 7) is 2.42. The maximum Gasteiger partial charge on any atom is 0.257 e. The van der Waals surface area contributed by atoms with Crippen LogP contribution in [0.4, 0.5) is 0 Å². The monoisotopic (exact) mass is 329 g/mol. The van der Waals surface area contributed by atoms with Crippen molar-refractivity contribution < 1.29 is 14.6 Å². The topological polar surface area (TPSA) is 67.6 Å². The first-order valence-corrected chi connectivity index (χ1v) is 8.10. The molecule has 3 rings (SSSR count). The van der Waals surface area contributed by atoms with E-state index in [4.69, 9.17) is 4.74 Å². The van der Waals surface area contributed by atoms with E-state index in [1.807, 2.05) is 24.3 Å². The van der Waals surface area contributed by atoms with Crippen LogP contribution < -0.4 is 4.74 Å². The number of benzene rings is 1. The molecule has 0 spiro atoms. The lowest BCUT2D eigenvalue weighted by molar-refractivity contribution is -0.0177. The minimum atomic E-state index is -1.12. The number of aliphatic hydroxyl groups is 1. The summed E-state index contributed by atoms with van der Waals surface area (Å²) < 4.78 is 6.78. The highest BCUT2D eigenvalue weighted by atomic mass is 16.5. The number of aromatic nitrogens is 2. The molecular formula is C18H23N3O3. The third kappa shape index (κ3) is 2.89. The second-order valence-corrected chi connectivity index (χ2v) is 6.44.